The lowest BCUT2D eigenvalue weighted by atomic mass is 10.0. The summed E-state index contributed by atoms with van der Waals surface area (Å²) in [6, 6.07) is 16.7. The zero-order valence-electron chi connectivity index (χ0n) is 15.8. The van der Waals surface area contributed by atoms with Crippen LogP contribution < -0.4 is 4.90 Å². The Kier molecular flexibility index (Phi) is 6.40. The molecule has 1 aromatic heterocycles. The van der Waals surface area contributed by atoms with Crippen LogP contribution in [0, 0.1) is 5.92 Å². The number of piperidine rings is 1. The molecule has 0 radical (unpaired) electrons. The second-order valence-electron chi connectivity index (χ2n) is 7.36. The topological polar surface area (TPSA) is 36.4 Å². The number of carbonyl (C=O) groups is 1. The van der Waals surface area contributed by atoms with Gasteiger partial charge in [0, 0.05) is 37.8 Å². The zero-order valence-corrected chi connectivity index (χ0v) is 15.8. The smallest absolute Gasteiger partial charge is 0.230 e. The predicted octanol–water partition coefficient (Wildman–Crippen LogP) is 3.78. The molecule has 1 saturated heterocycles. The molecule has 0 spiro atoms. The minimum absolute atomic E-state index is 0.0203. The molecule has 0 saturated carbocycles. The van der Waals surface area contributed by atoms with E-state index in [-0.39, 0.29) is 17.9 Å². The van der Waals surface area contributed by atoms with Crippen molar-refractivity contribution in [3.05, 3.63) is 60.3 Å². The van der Waals surface area contributed by atoms with Crippen LogP contribution in [0.3, 0.4) is 0 Å². The Morgan fingerprint density at radius 3 is 2.42 bits per heavy atom. The van der Waals surface area contributed by atoms with E-state index in [1.54, 1.807) is 6.20 Å². The van der Waals surface area contributed by atoms with E-state index in [0.29, 0.717) is 0 Å². The van der Waals surface area contributed by atoms with Crippen LogP contribution in [-0.2, 0) is 11.2 Å². The van der Waals surface area contributed by atoms with Crippen LogP contribution in [0.4, 0.5) is 5.82 Å². The number of benzene rings is 1. The lowest BCUT2D eigenvalue weighted by molar-refractivity contribution is -0.122. The Labute approximate surface area is 156 Å². The minimum Gasteiger partial charge on any atom is -0.303 e. The van der Waals surface area contributed by atoms with Crippen molar-refractivity contribution in [2.45, 2.75) is 39.2 Å². The molecule has 1 aliphatic rings. The maximum Gasteiger partial charge on any atom is 0.230 e. The predicted molar refractivity (Wildman–Crippen MR) is 106 cm³/mol. The summed E-state index contributed by atoms with van der Waals surface area (Å²) in [5.41, 5.74) is 1.39. The van der Waals surface area contributed by atoms with Crippen molar-refractivity contribution in [2.75, 3.05) is 24.5 Å². The molecule has 4 nitrogen and oxygen atoms in total. The van der Waals surface area contributed by atoms with Crippen molar-refractivity contribution in [1.29, 1.82) is 0 Å². The highest BCUT2D eigenvalue weighted by Gasteiger charge is 2.30. The molecule has 0 bridgehead atoms. The Bertz CT molecular complexity index is 679. The maximum absolute atomic E-state index is 12.8. The van der Waals surface area contributed by atoms with Crippen molar-refractivity contribution in [1.82, 2.24) is 9.88 Å². The van der Waals surface area contributed by atoms with E-state index in [1.807, 2.05) is 36.9 Å². The highest BCUT2D eigenvalue weighted by atomic mass is 16.2. The van der Waals surface area contributed by atoms with Gasteiger partial charge in [-0.05, 0) is 37.0 Å². The number of aromatic nitrogens is 1. The van der Waals surface area contributed by atoms with Crippen LogP contribution >= 0.6 is 0 Å². The summed E-state index contributed by atoms with van der Waals surface area (Å²) in [6.45, 7) is 7.08. The van der Waals surface area contributed by atoms with Crippen LogP contribution in [0.25, 0.3) is 0 Å². The van der Waals surface area contributed by atoms with Crippen molar-refractivity contribution in [3.63, 3.8) is 0 Å². The molecule has 2 heterocycles. The number of anilines is 1. The molecule has 138 valence electrons. The van der Waals surface area contributed by atoms with Crippen molar-refractivity contribution in [3.8, 4) is 0 Å². The highest BCUT2D eigenvalue weighted by Crippen LogP contribution is 2.24. The summed E-state index contributed by atoms with van der Waals surface area (Å²) in [7, 11) is 0. The van der Waals surface area contributed by atoms with Crippen molar-refractivity contribution in [2.24, 2.45) is 5.92 Å². The highest BCUT2D eigenvalue weighted by molar-refractivity contribution is 5.94. The van der Waals surface area contributed by atoms with Gasteiger partial charge in [0.2, 0.25) is 5.91 Å². The lowest BCUT2D eigenvalue weighted by Crippen LogP contribution is -2.49. The van der Waals surface area contributed by atoms with Gasteiger partial charge in [-0.3, -0.25) is 9.69 Å². The SMILES string of the molecule is CC(C)C(=O)N(c1ccccn1)C1CCN(CCc2ccccc2)CC1. The quantitative estimate of drug-likeness (QED) is 0.795. The number of amides is 1. The number of pyridine rings is 1. The molecule has 1 amide bonds. The molecule has 26 heavy (non-hydrogen) atoms. The molecular formula is C22H29N3O. The number of nitrogens with zero attached hydrogens (tertiary/aromatic N) is 3. The first-order chi connectivity index (χ1) is 12.6. The van der Waals surface area contributed by atoms with Crippen molar-refractivity contribution >= 4 is 11.7 Å². The van der Waals surface area contributed by atoms with E-state index in [4.69, 9.17) is 0 Å². The van der Waals surface area contributed by atoms with Crippen LogP contribution in [0.5, 0.6) is 0 Å². The number of likely N-dealkylation sites (tertiary alicyclic amines) is 1. The molecule has 0 atom stereocenters. The van der Waals surface area contributed by atoms with Gasteiger partial charge in [-0.2, -0.15) is 0 Å². The molecule has 2 aromatic rings. The molecule has 0 unspecified atom stereocenters. The Morgan fingerprint density at radius 2 is 1.81 bits per heavy atom. The van der Waals surface area contributed by atoms with E-state index >= 15 is 0 Å². The summed E-state index contributed by atoms with van der Waals surface area (Å²) in [4.78, 5) is 21.7. The molecule has 0 N–H and O–H groups in total. The molecule has 3 rings (SSSR count). The molecule has 1 aliphatic heterocycles. The second-order valence-corrected chi connectivity index (χ2v) is 7.36. The zero-order chi connectivity index (χ0) is 18.4. The molecular weight excluding hydrogens is 322 g/mol. The first-order valence-electron chi connectivity index (χ1n) is 9.65. The fraction of sp³-hybridized carbons (Fsp3) is 0.455. The van der Waals surface area contributed by atoms with Crippen LogP contribution in [0.1, 0.15) is 32.3 Å². The van der Waals surface area contributed by atoms with Gasteiger partial charge >= 0.3 is 0 Å². The summed E-state index contributed by atoms with van der Waals surface area (Å²) in [6.07, 6.45) is 4.86. The monoisotopic (exact) mass is 351 g/mol. The first kappa shape index (κ1) is 18.6. The number of hydrogen-bond acceptors (Lipinski definition) is 3. The van der Waals surface area contributed by atoms with E-state index in [1.165, 1.54) is 5.56 Å². The fourth-order valence-corrected chi connectivity index (χ4v) is 3.59. The third-order valence-corrected chi connectivity index (χ3v) is 5.11. The van der Waals surface area contributed by atoms with Crippen LogP contribution in [0.15, 0.2) is 54.7 Å². The summed E-state index contributed by atoms with van der Waals surface area (Å²) < 4.78 is 0. The van der Waals surface area contributed by atoms with Gasteiger partial charge in [-0.25, -0.2) is 4.98 Å². The van der Waals surface area contributed by atoms with Crippen LogP contribution in [0.2, 0.25) is 0 Å². The van der Waals surface area contributed by atoms with Gasteiger partial charge in [0.15, 0.2) is 0 Å². The average molecular weight is 351 g/mol. The summed E-state index contributed by atoms with van der Waals surface area (Å²) in [5.74, 6) is 0.938. The number of carbonyl (C=O) groups excluding carboxylic acids is 1. The van der Waals surface area contributed by atoms with E-state index in [9.17, 15) is 4.79 Å². The lowest BCUT2D eigenvalue weighted by Gasteiger charge is -2.38. The Morgan fingerprint density at radius 1 is 1.12 bits per heavy atom. The number of hydrogen-bond donors (Lipinski definition) is 0. The van der Waals surface area contributed by atoms with Gasteiger partial charge in [0.1, 0.15) is 5.82 Å². The summed E-state index contributed by atoms with van der Waals surface area (Å²) >= 11 is 0. The molecule has 0 aliphatic carbocycles. The van der Waals surface area contributed by atoms with Gasteiger partial charge < -0.3 is 4.90 Å². The van der Waals surface area contributed by atoms with E-state index in [2.05, 4.69) is 40.2 Å². The summed E-state index contributed by atoms with van der Waals surface area (Å²) in [5, 5.41) is 0. The third-order valence-electron chi connectivity index (χ3n) is 5.11. The average Bonchev–Trinajstić information content (AvgIpc) is 2.69. The first-order valence-corrected chi connectivity index (χ1v) is 9.65. The van der Waals surface area contributed by atoms with Gasteiger partial charge in [-0.15, -0.1) is 0 Å². The Hall–Kier alpha value is -2.20. The van der Waals surface area contributed by atoms with Gasteiger partial charge in [-0.1, -0.05) is 50.2 Å². The Balaban J connectivity index is 1.60. The van der Waals surface area contributed by atoms with Gasteiger partial charge in [0.25, 0.3) is 0 Å². The third kappa shape index (κ3) is 4.70. The molecule has 4 heteroatoms. The van der Waals surface area contributed by atoms with Gasteiger partial charge in [0.05, 0.1) is 0 Å². The largest absolute Gasteiger partial charge is 0.303 e. The molecule has 1 aromatic carbocycles. The van der Waals surface area contributed by atoms with Crippen molar-refractivity contribution < 1.29 is 4.79 Å². The van der Waals surface area contributed by atoms with E-state index < -0.39 is 0 Å². The standard InChI is InChI=1S/C22H29N3O/c1-18(2)22(26)25(21-10-6-7-14-23-21)20-12-16-24(17-13-20)15-11-19-8-4-3-5-9-19/h3-10,14,18,20H,11-13,15-17H2,1-2H3. The second kappa shape index (κ2) is 8.95. The fourth-order valence-electron chi connectivity index (χ4n) is 3.59. The number of rotatable bonds is 6. The van der Waals surface area contributed by atoms with Crippen LogP contribution in [-0.4, -0.2) is 41.5 Å². The minimum atomic E-state index is -0.0203. The molecule has 1 fully saturated rings. The maximum atomic E-state index is 12.8. The normalized spacial score (nSPS) is 16.0. The van der Waals surface area contributed by atoms with E-state index in [0.717, 1.165) is 44.7 Å².